The van der Waals surface area contributed by atoms with Crippen LogP contribution in [0.3, 0.4) is 0 Å². The Kier molecular flexibility index (Phi) is 6.62. The number of aromatic nitrogens is 1. The van der Waals surface area contributed by atoms with Gasteiger partial charge in [0.1, 0.15) is 5.58 Å². The van der Waals surface area contributed by atoms with Gasteiger partial charge >= 0.3 is 5.97 Å². The van der Waals surface area contributed by atoms with Crippen molar-refractivity contribution in [1.82, 2.24) is 4.98 Å². The normalized spacial score (nSPS) is 15.5. The molecule has 186 valence electrons. The molecule has 3 heterocycles. The predicted molar refractivity (Wildman–Crippen MR) is 139 cm³/mol. The van der Waals surface area contributed by atoms with Crippen LogP contribution in [0.1, 0.15) is 34.6 Å². The molecule has 1 aliphatic rings. The molecule has 4 aromatic rings. The fourth-order valence-corrected chi connectivity index (χ4v) is 4.76. The van der Waals surface area contributed by atoms with Crippen LogP contribution >= 0.6 is 15.9 Å². The van der Waals surface area contributed by atoms with Gasteiger partial charge in [-0.05, 0) is 66.6 Å². The number of hydrogen-bond acceptors (Lipinski definition) is 7. The first-order valence-electron chi connectivity index (χ1n) is 11.5. The topological polar surface area (TPSA) is 110 Å². The molecule has 9 heteroatoms. The molecule has 2 aromatic heterocycles. The number of Topliss-reactive ketones (excluding diaryl/α,β-unsaturated/α-hetero) is 1. The summed E-state index contributed by atoms with van der Waals surface area (Å²) >= 11 is 3.40. The molecule has 37 heavy (non-hydrogen) atoms. The van der Waals surface area contributed by atoms with E-state index in [0.717, 1.165) is 4.47 Å². The van der Waals surface area contributed by atoms with Gasteiger partial charge in [0.05, 0.1) is 24.6 Å². The number of benzene rings is 2. The summed E-state index contributed by atoms with van der Waals surface area (Å²) in [6, 6.07) is 16.1. The SMILES string of the molecule is CCOC(=O)Cc1ccc(N2C(=O)C(O)=C(C(=O)c3cc4cc(Br)ccc4o3)C2c2ccncc2)cc1. The summed E-state index contributed by atoms with van der Waals surface area (Å²) in [6.07, 6.45) is 3.19. The van der Waals surface area contributed by atoms with E-state index >= 15 is 0 Å². The van der Waals surface area contributed by atoms with Crippen molar-refractivity contribution in [1.29, 1.82) is 0 Å². The summed E-state index contributed by atoms with van der Waals surface area (Å²) in [5.41, 5.74) is 2.15. The van der Waals surface area contributed by atoms with E-state index in [1.807, 2.05) is 6.07 Å². The van der Waals surface area contributed by atoms with E-state index in [1.54, 1.807) is 73.9 Å². The molecule has 1 N–H and O–H groups in total. The molecule has 0 radical (unpaired) electrons. The number of carbonyl (C=O) groups excluding carboxylic acids is 3. The van der Waals surface area contributed by atoms with E-state index in [9.17, 15) is 19.5 Å². The van der Waals surface area contributed by atoms with E-state index in [2.05, 4.69) is 20.9 Å². The number of pyridine rings is 1. The van der Waals surface area contributed by atoms with Crippen LogP contribution in [0.15, 0.2) is 93.3 Å². The van der Waals surface area contributed by atoms with Crippen molar-refractivity contribution in [2.24, 2.45) is 0 Å². The Labute approximate surface area is 220 Å². The van der Waals surface area contributed by atoms with Crippen LogP contribution in [0.4, 0.5) is 5.69 Å². The third-order valence-electron chi connectivity index (χ3n) is 6.05. The summed E-state index contributed by atoms with van der Waals surface area (Å²) in [7, 11) is 0. The van der Waals surface area contributed by atoms with Crippen molar-refractivity contribution in [3.05, 3.63) is 106 Å². The molecule has 0 spiro atoms. The lowest BCUT2D eigenvalue weighted by Crippen LogP contribution is -2.31. The van der Waals surface area contributed by atoms with Crippen molar-refractivity contribution < 1.29 is 28.6 Å². The van der Waals surface area contributed by atoms with Gasteiger partial charge in [-0.25, -0.2) is 0 Å². The van der Waals surface area contributed by atoms with Gasteiger partial charge in [-0.2, -0.15) is 0 Å². The molecular formula is C28H21BrN2O6. The number of ether oxygens (including phenoxy) is 1. The van der Waals surface area contributed by atoms with E-state index < -0.39 is 23.5 Å². The fraction of sp³-hybridized carbons (Fsp3) is 0.143. The third-order valence-corrected chi connectivity index (χ3v) is 6.54. The Morgan fingerprint density at radius 1 is 1.08 bits per heavy atom. The number of aliphatic hydroxyl groups excluding tert-OH is 1. The van der Waals surface area contributed by atoms with Crippen LogP contribution in [0.5, 0.6) is 0 Å². The first-order valence-corrected chi connectivity index (χ1v) is 12.3. The molecule has 0 saturated heterocycles. The Balaban J connectivity index is 1.54. The van der Waals surface area contributed by atoms with Crippen molar-refractivity contribution in [2.75, 3.05) is 11.5 Å². The number of esters is 1. The molecule has 1 aliphatic heterocycles. The van der Waals surface area contributed by atoms with Crippen molar-refractivity contribution in [3.63, 3.8) is 0 Å². The van der Waals surface area contributed by atoms with Crippen LogP contribution in [0, 0.1) is 0 Å². The summed E-state index contributed by atoms with van der Waals surface area (Å²) < 4.78 is 11.6. The highest BCUT2D eigenvalue weighted by Gasteiger charge is 2.45. The number of amides is 1. The summed E-state index contributed by atoms with van der Waals surface area (Å²) in [4.78, 5) is 44.3. The lowest BCUT2D eigenvalue weighted by Gasteiger charge is -2.26. The van der Waals surface area contributed by atoms with E-state index in [0.29, 0.717) is 27.8 Å². The molecule has 5 rings (SSSR count). The number of rotatable bonds is 7. The van der Waals surface area contributed by atoms with Crippen LogP contribution < -0.4 is 4.90 Å². The minimum Gasteiger partial charge on any atom is -0.503 e. The molecule has 1 amide bonds. The fourth-order valence-electron chi connectivity index (χ4n) is 4.38. The number of nitrogens with zero attached hydrogens (tertiary/aromatic N) is 2. The summed E-state index contributed by atoms with van der Waals surface area (Å²) in [5.74, 6) is -2.31. The highest BCUT2D eigenvalue weighted by molar-refractivity contribution is 9.10. The minimum atomic E-state index is -0.918. The summed E-state index contributed by atoms with van der Waals surface area (Å²) in [5, 5.41) is 11.7. The minimum absolute atomic E-state index is 0.00754. The second-order valence-electron chi connectivity index (χ2n) is 8.39. The monoisotopic (exact) mass is 560 g/mol. The number of anilines is 1. The van der Waals surface area contributed by atoms with Gasteiger partial charge in [-0.15, -0.1) is 0 Å². The standard InChI is InChI=1S/C28H21BrN2O6/c1-2-36-23(32)13-16-3-6-20(7-4-16)31-25(17-9-11-30-12-10-17)24(27(34)28(31)35)26(33)22-15-18-14-19(29)5-8-21(18)37-22/h3-12,14-15,25,34H,2,13H2,1H3. The van der Waals surface area contributed by atoms with Gasteiger partial charge < -0.3 is 14.3 Å². The molecule has 1 unspecified atom stereocenters. The molecule has 1 atom stereocenters. The third kappa shape index (κ3) is 4.65. The van der Waals surface area contributed by atoms with Crippen molar-refractivity contribution in [2.45, 2.75) is 19.4 Å². The van der Waals surface area contributed by atoms with Crippen molar-refractivity contribution in [3.8, 4) is 0 Å². The maximum Gasteiger partial charge on any atom is 0.310 e. The average Bonchev–Trinajstić information content (AvgIpc) is 3.43. The Hall–Kier alpha value is -4.24. The van der Waals surface area contributed by atoms with Gasteiger partial charge in [0.15, 0.2) is 11.5 Å². The molecular weight excluding hydrogens is 540 g/mol. The van der Waals surface area contributed by atoms with Gasteiger partial charge in [0, 0.05) is 27.9 Å². The first-order chi connectivity index (χ1) is 17.9. The average molecular weight is 561 g/mol. The van der Waals surface area contributed by atoms with Crippen LogP contribution in [-0.4, -0.2) is 34.4 Å². The zero-order valence-electron chi connectivity index (χ0n) is 19.7. The van der Waals surface area contributed by atoms with Crippen LogP contribution in [-0.2, 0) is 20.7 Å². The maximum atomic E-state index is 13.7. The highest BCUT2D eigenvalue weighted by atomic mass is 79.9. The van der Waals surface area contributed by atoms with E-state index in [1.165, 1.54) is 4.90 Å². The Bertz CT molecular complexity index is 1540. The molecule has 0 saturated carbocycles. The van der Waals surface area contributed by atoms with Crippen molar-refractivity contribution >= 4 is 50.2 Å². The first kappa shape index (κ1) is 24.5. The van der Waals surface area contributed by atoms with Crippen LogP contribution in [0.25, 0.3) is 11.0 Å². The lowest BCUT2D eigenvalue weighted by molar-refractivity contribution is -0.142. The lowest BCUT2D eigenvalue weighted by atomic mass is 9.95. The predicted octanol–water partition coefficient (Wildman–Crippen LogP) is 5.48. The molecule has 8 nitrogen and oxygen atoms in total. The van der Waals surface area contributed by atoms with E-state index in [-0.39, 0.29) is 30.3 Å². The second kappa shape index (κ2) is 10.0. The quantitative estimate of drug-likeness (QED) is 0.235. The number of carbonyl (C=O) groups is 3. The number of aliphatic hydroxyl groups is 1. The second-order valence-corrected chi connectivity index (χ2v) is 9.31. The van der Waals surface area contributed by atoms with Gasteiger partial charge in [-0.1, -0.05) is 28.1 Å². The van der Waals surface area contributed by atoms with Gasteiger partial charge in [-0.3, -0.25) is 24.3 Å². The number of ketones is 1. The highest BCUT2D eigenvalue weighted by Crippen LogP contribution is 2.42. The Morgan fingerprint density at radius 2 is 1.81 bits per heavy atom. The van der Waals surface area contributed by atoms with Gasteiger partial charge in [0.2, 0.25) is 5.78 Å². The molecule has 0 aliphatic carbocycles. The smallest absolute Gasteiger partial charge is 0.310 e. The Morgan fingerprint density at radius 3 is 2.51 bits per heavy atom. The van der Waals surface area contributed by atoms with E-state index in [4.69, 9.17) is 9.15 Å². The number of fused-ring (bicyclic) bond motifs is 1. The van der Waals surface area contributed by atoms with Gasteiger partial charge in [0.25, 0.3) is 5.91 Å². The summed E-state index contributed by atoms with van der Waals surface area (Å²) in [6.45, 7) is 2.03. The molecule has 2 aromatic carbocycles. The van der Waals surface area contributed by atoms with Crippen LogP contribution in [0.2, 0.25) is 0 Å². The number of furan rings is 1. The zero-order valence-corrected chi connectivity index (χ0v) is 21.3. The number of halogens is 1. The molecule has 0 fully saturated rings. The maximum absolute atomic E-state index is 13.7. The zero-order chi connectivity index (χ0) is 26.1. The molecule has 0 bridgehead atoms. The number of hydrogen-bond donors (Lipinski definition) is 1. The largest absolute Gasteiger partial charge is 0.503 e.